The molecule has 1 aliphatic heterocycles. The van der Waals surface area contributed by atoms with Crippen molar-refractivity contribution in [2.24, 2.45) is 11.8 Å². The second kappa shape index (κ2) is 10.1. The van der Waals surface area contributed by atoms with Gasteiger partial charge in [0.2, 0.25) is 10.0 Å². The molecule has 1 amide bonds. The summed E-state index contributed by atoms with van der Waals surface area (Å²) in [5.74, 6) is -0.0800. The largest absolute Gasteiger partial charge is 0.452 e. The molecular formula is C23H34N2O5S. The Morgan fingerprint density at radius 2 is 1.81 bits per heavy atom. The number of esters is 1. The summed E-state index contributed by atoms with van der Waals surface area (Å²) in [5, 5.41) is 2.98. The summed E-state index contributed by atoms with van der Waals surface area (Å²) in [4.78, 5) is 25.0. The molecule has 1 aliphatic carbocycles. The van der Waals surface area contributed by atoms with E-state index in [0.29, 0.717) is 30.5 Å². The van der Waals surface area contributed by atoms with Crippen molar-refractivity contribution >= 4 is 21.9 Å². The van der Waals surface area contributed by atoms with Crippen LogP contribution in [0.1, 0.15) is 68.3 Å². The van der Waals surface area contributed by atoms with E-state index in [9.17, 15) is 18.0 Å². The molecule has 0 unspecified atom stereocenters. The third kappa shape index (κ3) is 5.66. The molecule has 2 aliphatic rings. The van der Waals surface area contributed by atoms with Gasteiger partial charge in [0.15, 0.2) is 6.61 Å². The predicted molar refractivity (Wildman–Crippen MR) is 118 cm³/mol. The summed E-state index contributed by atoms with van der Waals surface area (Å²) in [6.07, 6.45) is 5.88. The molecule has 0 spiro atoms. The first-order valence-electron chi connectivity index (χ1n) is 11.3. The van der Waals surface area contributed by atoms with Crippen LogP contribution in [0.3, 0.4) is 0 Å². The van der Waals surface area contributed by atoms with Crippen molar-refractivity contribution in [3.8, 4) is 0 Å². The zero-order valence-electron chi connectivity index (χ0n) is 18.7. The maximum Gasteiger partial charge on any atom is 0.338 e. The molecule has 3 rings (SSSR count). The second-order valence-corrected chi connectivity index (χ2v) is 10.9. The number of benzene rings is 1. The minimum Gasteiger partial charge on any atom is -0.452 e. The molecule has 1 saturated heterocycles. The summed E-state index contributed by atoms with van der Waals surface area (Å²) < 4.78 is 32.6. The van der Waals surface area contributed by atoms with E-state index in [-0.39, 0.29) is 29.0 Å². The van der Waals surface area contributed by atoms with Crippen LogP contribution in [0.15, 0.2) is 23.1 Å². The Morgan fingerprint density at radius 3 is 2.52 bits per heavy atom. The monoisotopic (exact) mass is 450 g/mol. The lowest BCUT2D eigenvalue weighted by Crippen LogP contribution is -2.45. The van der Waals surface area contributed by atoms with Gasteiger partial charge < -0.3 is 10.1 Å². The van der Waals surface area contributed by atoms with Gasteiger partial charge in [-0.2, -0.15) is 4.31 Å². The fourth-order valence-corrected chi connectivity index (χ4v) is 6.02. The Hall–Kier alpha value is -1.93. The highest BCUT2D eigenvalue weighted by molar-refractivity contribution is 7.89. The highest BCUT2D eigenvalue weighted by Gasteiger charge is 2.29. The van der Waals surface area contributed by atoms with Gasteiger partial charge in [0, 0.05) is 19.1 Å². The number of nitrogens with one attached hydrogen (secondary N) is 1. The van der Waals surface area contributed by atoms with E-state index >= 15 is 0 Å². The Kier molecular flexibility index (Phi) is 7.75. The van der Waals surface area contributed by atoms with Gasteiger partial charge in [-0.05, 0) is 55.7 Å². The SMILES string of the molecule is Cc1ccc(S(=O)(=O)N2CCCCC2)cc1C(=O)OCC(=O)N[C@@H]1CCC[C@@H](C)[C@@H]1C. The predicted octanol–water partition coefficient (Wildman–Crippen LogP) is 3.27. The van der Waals surface area contributed by atoms with Crippen molar-refractivity contribution < 1.29 is 22.7 Å². The van der Waals surface area contributed by atoms with Crippen LogP contribution in [-0.2, 0) is 19.6 Å². The summed E-state index contributed by atoms with van der Waals surface area (Å²) in [6, 6.07) is 4.59. The number of nitrogens with zero attached hydrogens (tertiary/aromatic N) is 1. The number of hydrogen-bond donors (Lipinski definition) is 1. The molecule has 8 heteroatoms. The molecule has 31 heavy (non-hydrogen) atoms. The molecule has 1 N–H and O–H groups in total. The van der Waals surface area contributed by atoms with E-state index < -0.39 is 16.0 Å². The average Bonchev–Trinajstić information content (AvgIpc) is 2.76. The normalized spacial score (nSPS) is 25.1. The Labute approximate surface area is 185 Å². The smallest absolute Gasteiger partial charge is 0.338 e. The van der Waals surface area contributed by atoms with Crippen LogP contribution in [0.25, 0.3) is 0 Å². The minimum absolute atomic E-state index is 0.0846. The fourth-order valence-electron chi connectivity index (χ4n) is 4.48. The highest BCUT2D eigenvalue weighted by Crippen LogP contribution is 2.29. The summed E-state index contributed by atoms with van der Waals surface area (Å²) >= 11 is 0. The van der Waals surface area contributed by atoms with Gasteiger partial charge >= 0.3 is 5.97 Å². The molecule has 0 radical (unpaired) electrons. The molecule has 0 aromatic heterocycles. The number of aryl methyl sites for hydroxylation is 1. The summed E-state index contributed by atoms with van der Waals surface area (Å²) in [5.41, 5.74) is 0.781. The zero-order valence-corrected chi connectivity index (χ0v) is 19.5. The van der Waals surface area contributed by atoms with E-state index in [1.807, 2.05) is 0 Å². The fraction of sp³-hybridized carbons (Fsp3) is 0.652. The van der Waals surface area contributed by atoms with Crippen molar-refractivity contribution in [3.63, 3.8) is 0 Å². The number of ether oxygens (including phenoxy) is 1. The van der Waals surface area contributed by atoms with Gasteiger partial charge in [-0.25, -0.2) is 13.2 Å². The maximum atomic E-state index is 12.9. The van der Waals surface area contributed by atoms with Gasteiger partial charge in [0.25, 0.3) is 5.91 Å². The van der Waals surface area contributed by atoms with E-state index in [4.69, 9.17) is 4.74 Å². The number of rotatable bonds is 6. The number of sulfonamides is 1. The van der Waals surface area contributed by atoms with Crippen LogP contribution >= 0.6 is 0 Å². The Bertz CT molecular complexity index is 909. The van der Waals surface area contributed by atoms with Crippen LogP contribution in [-0.4, -0.2) is 50.3 Å². The standard InChI is InChI=1S/C23H34N2O5S/c1-16-8-7-9-21(18(16)3)24-22(26)15-30-23(27)20-14-19(11-10-17(20)2)31(28,29)25-12-5-4-6-13-25/h10-11,14,16,18,21H,4-9,12-13,15H2,1-3H3,(H,24,26)/t16-,18+,21-/m1/s1. The molecule has 1 aromatic rings. The molecular weight excluding hydrogens is 416 g/mol. The van der Waals surface area contributed by atoms with Crippen LogP contribution in [0.5, 0.6) is 0 Å². The van der Waals surface area contributed by atoms with Crippen molar-refractivity contribution in [3.05, 3.63) is 29.3 Å². The van der Waals surface area contributed by atoms with Crippen molar-refractivity contribution in [1.82, 2.24) is 9.62 Å². The first-order valence-corrected chi connectivity index (χ1v) is 12.7. The van der Waals surface area contributed by atoms with Crippen LogP contribution < -0.4 is 5.32 Å². The van der Waals surface area contributed by atoms with Gasteiger partial charge in [-0.3, -0.25) is 4.79 Å². The van der Waals surface area contributed by atoms with E-state index in [1.165, 1.54) is 22.9 Å². The first kappa shape index (κ1) is 23.7. The molecule has 3 atom stereocenters. The molecule has 1 aromatic carbocycles. The first-order chi connectivity index (χ1) is 14.7. The molecule has 7 nitrogen and oxygen atoms in total. The number of amides is 1. The molecule has 2 fully saturated rings. The minimum atomic E-state index is -3.65. The van der Waals surface area contributed by atoms with Crippen LogP contribution in [0.4, 0.5) is 0 Å². The van der Waals surface area contributed by atoms with Gasteiger partial charge in [-0.15, -0.1) is 0 Å². The Balaban J connectivity index is 1.63. The zero-order chi connectivity index (χ0) is 22.6. The maximum absolute atomic E-state index is 12.9. The van der Waals surface area contributed by atoms with E-state index in [2.05, 4.69) is 19.2 Å². The third-order valence-electron chi connectivity index (χ3n) is 6.77. The molecule has 1 saturated carbocycles. The van der Waals surface area contributed by atoms with Crippen LogP contribution in [0, 0.1) is 18.8 Å². The number of carbonyl (C=O) groups is 2. The van der Waals surface area contributed by atoms with Crippen molar-refractivity contribution in [2.45, 2.75) is 70.2 Å². The lowest BCUT2D eigenvalue weighted by molar-refractivity contribution is -0.125. The lowest BCUT2D eigenvalue weighted by atomic mass is 9.78. The summed E-state index contributed by atoms with van der Waals surface area (Å²) in [7, 11) is -3.65. The molecule has 0 bridgehead atoms. The summed E-state index contributed by atoms with van der Waals surface area (Å²) in [6.45, 7) is 6.66. The van der Waals surface area contributed by atoms with Crippen molar-refractivity contribution in [1.29, 1.82) is 0 Å². The van der Waals surface area contributed by atoms with Gasteiger partial charge in [-0.1, -0.05) is 39.2 Å². The average molecular weight is 451 g/mol. The van der Waals surface area contributed by atoms with E-state index in [1.54, 1.807) is 13.0 Å². The number of hydrogen-bond acceptors (Lipinski definition) is 5. The Morgan fingerprint density at radius 1 is 1.10 bits per heavy atom. The second-order valence-electron chi connectivity index (χ2n) is 8.96. The topological polar surface area (TPSA) is 92.8 Å². The lowest BCUT2D eigenvalue weighted by Gasteiger charge is -2.34. The van der Waals surface area contributed by atoms with Crippen LogP contribution in [0.2, 0.25) is 0 Å². The highest BCUT2D eigenvalue weighted by atomic mass is 32.2. The van der Waals surface area contributed by atoms with Gasteiger partial charge in [0.1, 0.15) is 0 Å². The molecule has 172 valence electrons. The molecule has 1 heterocycles. The number of carbonyl (C=O) groups excluding carboxylic acids is 2. The van der Waals surface area contributed by atoms with Crippen molar-refractivity contribution in [2.75, 3.05) is 19.7 Å². The quantitative estimate of drug-likeness (QED) is 0.672. The van der Waals surface area contributed by atoms with E-state index in [0.717, 1.165) is 32.1 Å². The third-order valence-corrected chi connectivity index (χ3v) is 8.66. The van der Waals surface area contributed by atoms with Gasteiger partial charge in [0.05, 0.1) is 10.5 Å². The number of piperidine rings is 1.